The molecule has 3 aromatic rings. The first-order valence-corrected chi connectivity index (χ1v) is 9.50. The lowest BCUT2D eigenvalue weighted by atomic mass is 10.0. The summed E-state index contributed by atoms with van der Waals surface area (Å²) in [5.74, 6) is -0.624. The van der Waals surface area contributed by atoms with E-state index in [-0.39, 0.29) is 22.5 Å². The highest BCUT2D eigenvalue weighted by Gasteiger charge is 2.36. The molecule has 1 heterocycles. The van der Waals surface area contributed by atoms with Crippen LogP contribution in [0.1, 0.15) is 24.1 Å². The number of amides is 1. The number of ether oxygens (including phenoxy) is 1. The van der Waals surface area contributed by atoms with Crippen molar-refractivity contribution in [3.05, 3.63) is 76.9 Å². The van der Waals surface area contributed by atoms with Crippen molar-refractivity contribution >= 4 is 17.5 Å². The largest absolute Gasteiger partial charge is 0.467 e. The average Bonchev–Trinajstić information content (AvgIpc) is 3.16. The van der Waals surface area contributed by atoms with Gasteiger partial charge in [0.25, 0.3) is 5.91 Å². The first-order chi connectivity index (χ1) is 14.3. The molecule has 0 saturated carbocycles. The molecule has 1 aromatic heterocycles. The van der Waals surface area contributed by atoms with Gasteiger partial charge in [0.05, 0.1) is 10.7 Å². The molecule has 9 heteroatoms. The van der Waals surface area contributed by atoms with Gasteiger partial charge in [-0.2, -0.15) is 23.0 Å². The summed E-state index contributed by atoms with van der Waals surface area (Å²) in [7, 11) is 0. The minimum Gasteiger partial charge on any atom is -0.467 e. The summed E-state index contributed by atoms with van der Waals surface area (Å²) in [4.78, 5) is 12.2. The van der Waals surface area contributed by atoms with Gasteiger partial charge in [0, 0.05) is 12.6 Å². The fraction of sp³-hybridized carbons (Fsp3) is 0.238. The number of carbonyl (C=O) groups excluding carboxylic acids is 1. The number of carbonyl (C=O) groups is 1. The van der Waals surface area contributed by atoms with Crippen LogP contribution in [-0.4, -0.2) is 28.8 Å². The minimum absolute atomic E-state index is 0.0700. The van der Waals surface area contributed by atoms with Crippen LogP contribution in [0.5, 0.6) is 5.88 Å². The smallest absolute Gasteiger partial charge is 0.435 e. The highest BCUT2D eigenvalue weighted by Crippen LogP contribution is 2.33. The molecule has 2 aromatic carbocycles. The lowest BCUT2D eigenvalue weighted by Crippen LogP contribution is -2.32. The molecule has 5 nitrogen and oxygen atoms in total. The van der Waals surface area contributed by atoms with Gasteiger partial charge in [-0.3, -0.25) is 4.79 Å². The Morgan fingerprint density at radius 2 is 1.83 bits per heavy atom. The second kappa shape index (κ2) is 9.21. The van der Waals surface area contributed by atoms with Gasteiger partial charge in [0.2, 0.25) is 5.88 Å². The highest BCUT2D eigenvalue weighted by molar-refractivity contribution is 6.32. The molecule has 0 saturated heterocycles. The molecule has 0 aliphatic rings. The van der Waals surface area contributed by atoms with E-state index < -0.39 is 24.4 Å². The quantitative estimate of drug-likeness (QED) is 0.575. The van der Waals surface area contributed by atoms with Crippen LogP contribution in [0.25, 0.3) is 5.69 Å². The molecule has 158 valence electrons. The van der Waals surface area contributed by atoms with Crippen molar-refractivity contribution in [2.24, 2.45) is 0 Å². The number of nitrogens with zero attached hydrogens (tertiary/aromatic N) is 2. The van der Waals surface area contributed by atoms with E-state index in [0.717, 1.165) is 16.3 Å². The zero-order chi connectivity index (χ0) is 21.7. The summed E-state index contributed by atoms with van der Waals surface area (Å²) in [6, 6.07) is 16.6. The Bertz CT molecular complexity index is 1010. The fourth-order valence-corrected chi connectivity index (χ4v) is 2.97. The van der Waals surface area contributed by atoms with Crippen LogP contribution < -0.4 is 10.1 Å². The number of halogens is 4. The summed E-state index contributed by atoms with van der Waals surface area (Å²) in [6.07, 6.45) is -4.67. The molecule has 30 heavy (non-hydrogen) atoms. The second-order valence-electron chi connectivity index (χ2n) is 6.63. The molecule has 0 aliphatic heterocycles. The van der Waals surface area contributed by atoms with Gasteiger partial charge >= 0.3 is 6.18 Å². The summed E-state index contributed by atoms with van der Waals surface area (Å²) in [5.41, 5.74) is 0.128. The third-order valence-electron chi connectivity index (χ3n) is 4.37. The van der Waals surface area contributed by atoms with Crippen molar-refractivity contribution in [3.8, 4) is 11.6 Å². The van der Waals surface area contributed by atoms with E-state index in [4.69, 9.17) is 16.3 Å². The van der Waals surface area contributed by atoms with E-state index in [9.17, 15) is 18.0 Å². The van der Waals surface area contributed by atoms with E-state index in [2.05, 4.69) is 10.4 Å². The Morgan fingerprint density at radius 1 is 1.17 bits per heavy atom. The van der Waals surface area contributed by atoms with E-state index in [1.807, 2.05) is 37.3 Å². The van der Waals surface area contributed by atoms with Crippen LogP contribution >= 0.6 is 11.6 Å². The summed E-state index contributed by atoms with van der Waals surface area (Å²) in [6.45, 7) is 1.86. The lowest BCUT2D eigenvalue weighted by Gasteiger charge is -2.14. The van der Waals surface area contributed by atoms with Crippen molar-refractivity contribution in [3.63, 3.8) is 0 Å². The van der Waals surface area contributed by atoms with Crippen LogP contribution in [0, 0.1) is 0 Å². The van der Waals surface area contributed by atoms with E-state index in [1.54, 1.807) is 12.1 Å². The molecular formula is C21H19ClF3N3O2. The molecule has 1 unspecified atom stereocenters. The number of para-hydroxylation sites is 1. The maximum absolute atomic E-state index is 13.1. The second-order valence-corrected chi connectivity index (χ2v) is 7.04. The predicted molar refractivity (Wildman–Crippen MR) is 107 cm³/mol. The molecule has 0 spiro atoms. The van der Waals surface area contributed by atoms with Gasteiger partial charge in [-0.05, 0) is 23.6 Å². The van der Waals surface area contributed by atoms with Crippen LogP contribution in [0.2, 0.25) is 5.02 Å². The van der Waals surface area contributed by atoms with E-state index in [0.29, 0.717) is 6.54 Å². The van der Waals surface area contributed by atoms with Crippen molar-refractivity contribution < 1.29 is 22.7 Å². The Balaban J connectivity index is 1.69. The molecule has 1 amide bonds. The molecule has 0 radical (unpaired) electrons. The van der Waals surface area contributed by atoms with E-state index in [1.165, 1.54) is 12.1 Å². The molecule has 3 rings (SSSR count). The monoisotopic (exact) mass is 437 g/mol. The topological polar surface area (TPSA) is 56.1 Å². The SMILES string of the molecule is CC(CNC(=O)COc1cc(C(F)(F)F)nn1-c1ccccc1Cl)c1ccccc1. The third kappa shape index (κ3) is 5.33. The Kier molecular flexibility index (Phi) is 6.66. The molecule has 0 fully saturated rings. The summed E-state index contributed by atoms with van der Waals surface area (Å²) < 4.78 is 45.7. The van der Waals surface area contributed by atoms with Gasteiger partial charge in [0.15, 0.2) is 12.3 Å². The number of hydrogen-bond acceptors (Lipinski definition) is 3. The first kappa shape index (κ1) is 21.7. The zero-order valence-corrected chi connectivity index (χ0v) is 16.7. The maximum Gasteiger partial charge on any atom is 0.435 e. The highest BCUT2D eigenvalue weighted by atomic mass is 35.5. The Labute approximate surface area is 176 Å². The van der Waals surface area contributed by atoms with Crippen molar-refractivity contribution in [2.75, 3.05) is 13.2 Å². The number of hydrogen-bond donors (Lipinski definition) is 1. The van der Waals surface area contributed by atoms with Gasteiger partial charge < -0.3 is 10.1 Å². The molecule has 0 bridgehead atoms. The fourth-order valence-electron chi connectivity index (χ4n) is 2.76. The number of rotatable bonds is 7. The first-order valence-electron chi connectivity index (χ1n) is 9.12. The normalized spacial score (nSPS) is 12.4. The number of benzene rings is 2. The van der Waals surface area contributed by atoms with Gasteiger partial charge in [-0.25, -0.2) is 0 Å². The molecule has 1 N–H and O–H groups in total. The standard InChI is InChI=1S/C21H19ClF3N3O2/c1-14(15-7-3-2-4-8-15)12-26-19(29)13-30-20-11-18(21(23,24)25)27-28(20)17-10-6-5-9-16(17)22/h2-11,14H,12-13H2,1H3,(H,26,29). The van der Waals surface area contributed by atoms with Crippen molar-refractivity contribution in [1.82, 2.24) is 15.1 Å². The predicted octanol–water partition coefficient (Wildman–Crippen LogP) is 4.84. The van der Waals surface area contributed by atoms with Crippen LogP contribution in [0.4, 0.5) is 13.2 Å². The van der Waals surface area contributed by atoms with Crippen molar-refractivity contribution in [2.45, 2.75) is 19.0 Å². The molecular weight excluding hydrogens is 419 g/mol. The molecule has 0 aliphatic carbocycles. The average molecular weight is 438 g/mol. The third-order valence-corrected chi connectivity index (χ3v) is 4.69. The van der Waals surface area contributed by atoms with Gasteiger partial charge in [-0.1, -0.05) is 61.0 Å². The van der Waals surface area contributed by atoms with Crippen LogP contribution in [0.3, 0.4) is 0 Å². The number of alkyl halides is 3. The van der Waals surface area contributed by atoms with Gasteiger partial charge in [0.1, 0.15) is 0 Å². The molecule has 1 atom stereocenters. The van der Waals surface area contributed by atoms with Crippen LogP contribution in [0.15, 0.2) is 60.7 Å². The van der Waals surface area contributed by atoms with E-state index >= 15 is 0 Å². The maximum atomic E-state index is 13.1. The zero-order valence-electron chi connectivity index (χ0n) is 16.0. The van der Waals surface area contributed by atoms with Crippen LogP contribution in [-0.2, 0) is 11.0 Å². The number of nitrogens with one attached hydrogen (secondary N) is 1. The summed E-state index contributed by atoms with van der Waals surface area (Å²) >= 11 is 6.08. The van der Waals surface area contributed by atoms with Gasteiger partial charge in [-0.15, -0.1) is 0 Å². The van der Waals surface area contributed by atoms with Crippen molar-refractivity contribution in [1.29, 1.82) is 0 Å². The lowest BCUT2D eigenvalue weighted by molar-refractivity contribution is -0.141. The summed E-state index contributed by atoms with van der Waals surface area (Å²) in [5, 5.41) is 6.47. The minimum atomic E-state index is -4.67. The Hall–Kier alpha value is -3.00. The Morgan fingerprint density at radius 3 is 2.50 bits per heavy atom. The number of aromatic nitrogens is 2.